The van der Waals surface area contributed by atoms with Gasteiger partial charge in [0.25, 0.3) is 5.91 Å². The van der Waals surface area contributed by atoms with Crippen LogP contribution in [0.2, 0.25) is 0 Å². The van der Waals surface area contributed by atoms with Crippen molar-refractivity contribution in [2.45, 2.75) is 44.7 Å². The van der Waals surface area contributed by atoms with Gasteiger partial charge in [0.1, 0.15) is 11.4 Å². The summed E-state index contributed by atoms with van der Waals surface area (Å²) in [5.74, 6) is 0.937. The molecule has 0 saturated carbocycles. The highest BCUT2D eigenvalue weighted by atomic mass is 16.2. The maximum Gasteiger partial charge on any atom is 0.254 e. The lowest BCUT2D eigenvalue weighted by molar-refractivity contribution is 0.0694. The molecular formula is C24H28N6O. The first-order chi connectivity index (χ1) is 14.8. The van der Waals surface area contributed by atoms with Gasteiger partial charge in [0, 0.05) is 12.1 Å². The van der Waals surface area contributed by atoms with Crippen molar-refractivity contribution in [1.82, 2.24) is 14.9 Å². The van der Waals surface area contributed by atoms with Crippen LogP contribution < -0.4 is 10.6 Å². The SMILES string of the molecule is CC(C)(C)N=C1Nc2ccccc2N[C@]12CCCN(C(=O)c1ccc3nc[nH]c3c1)C2. The van der Waals surface area contributed by atoms with Crippen LogP contribution in [0.3, 0.4) is 0 Å². The van der Waals surface area contributed by atoms with Crippen LogP contribution in [0.1, 0.15) is 44.0 Å². The van der Waals surface area contributed by atoms with E-state index in [2.05, 4.69) is 53.5 Å². The smallest absolute Gasteiger partial charge is 0.254 e. The maximum atomic E-state index is 13.4. The minimum atomic E-state index is -0.437. The molecule has 0 bridgehead atoms. The van der Waals surface area contributed by atoms with Crippen molar-refractivity contribution in [2.24, 2.45) is 4.99 Å². The lowest BCUT2D eigenvalue weighted by atomic mass is 9.84. The lowest BCUT2D eigenvalue weighted by Crippen LogP contribution is -2.63. The molecule has 2 aliphatic heterocycles. The second-order valence-electron chi connectivity index (χ2n) is 9.47. The number of anilines is 2. The van der Waals surface area contributed by atoms with Crippen LogP contribution >= 0.6 is 0 Å². The van der Waals surface area contributed by atoms with E-state index in [0.29, 0.717) is 12.1 Å². The first-order valence-corrected chi connectivity index (χ1v) is 10.8. The zero-order valence-corrected chi connectivity index (χ0v) is 18.2. The summed E-state index contributed by atoms with van der Waals surface area (Å²) in [6.07, 6.45) is 3.46. The van der Waals surface area contributed by atoms with E-state index in [-0.39, 0.29) is 11.4 Å². The van der Waals surface area contributed by atoms with E-state index in [1.54, 1.807) is 6.33 Å². The number of likely N-dealkylation sites (tertiary alicyclic amines) is 1. The predicted molar refractivity (Wildman–Crippen MR) is 125 cm³/mol. The minimum Gasteiger partial charge on any atom is -0.370 e. The van der Waals surface area contributed by atoms with Crippen LogP contribution in [-0.4, -0.2) is 50.8 Å². The molecule has 160 valence electrons. The number of carbonyl (C=O) groups excluding carboxylic acids is 1. The Morgan fingerprint density at radius 2 is 1.97 bits per heavy atom. The molecule has 31 heavy (non-hydrogen) atoms. The van der Waals surface area contributed by atoms with Crippen molar-refractivity contribution in [3.05, 3.63) is 54.4 Å². The number of rotatable bonds is 1. The first kappa shape index (κ1) is 19.6. The van der Waals surface area contributed by atoms with Crippen molar-refractivity contribution >= 4 is 34.2 Å². The average Bonchev–Trinajstić information content (AvgIpc) is 3.21. The summed E-state index contributed by atoms with van der Waals surface area (Å²) in [7, 11) is 0. The highest BCUT2D eigenvalue weighted by Gasteiger charge is 2.45. The van der Waals surface area contributed by atoms with Gasteiger partial charge in [-0.05, 0) is 63.9 Å². The normalized spacial score (nSPS) is 22.3. The van der Waals surface area contributed by atoms with Crippen LogP contribution in [0.15, 0.2) is 53.8 Å². The zero-order valence-electron chi connectivity index (χ0n) is 18.2. The Kier molecular flexibility index (Phi) is 4.50. The van der Waals surface area contributed by atoms with E-state index in [9.17, 15) is 4.79 Å². The molecule has 1 aromatic heterocycles. The Morgan fingerprint density at radius 3 is 2.77 bits per heavy atom. The molecule has 2 aromatic carbocycles. The Labute approximate surface area is 182 Å². The van der Waals surface area contributed by atoms with Crippen molar-refractivity contribution in [2.75, 3.05) is 23.7 Å². The quantitative estimate of drug-likeness (QED) is 0.553. The minimum absolute atomic E-state index is 0.0337. The molecule has 3 heterocycles. The van der Waals surface area contributed by atoms with Gasteiger partial charge in [-0.15, -0.1) is 0 Å². The largest absolute Gasteiger partial charge is 0.370 e. The Balaban J connectivity index is 1.50. The molecule has 1 amide bonds. The number of nitrogens with one attached hydrogen (secondary N) is 3. The molecule has 0 radical (unpaired) electrons. The molecule has 0 unspecified atom stereocenters. The highest BCUT2D eigenvalue weighted by Crippen LogP contribution is 2.37. The van der Waals surface area contributed by atoms with Crippen LogP contribution in [-0.2, 0) is 0 Å². The van der Waals surface area contributed by atoms with E-state index in [1.807, 2.05) is 35.2 Å². The number of benzene rings is 2. The molecule has 3 aromatic rings. The number of aromatic amines is 1. The van der Waals surface area contributed by atoms with Gasteiger partial charge in [-0.25, -0.2) is 4.98 Å². The van der Waals surface area contributed by atoms with E-state index in [1.165, 1.54) is 0 Å². The van der Waals surface area contributed by atoms with Crippen LogP contribution in [0.5, 0.6) is 0 Å². The highest BCUT2D eigenvalue weighted by molar-refractivity contribution is 6.10. The number of para-hydroxylation sites is 2. The standard InChI is InChI=1S/C24H28N6O/c1-23(2,3)29-22-24(28-19-8-5-4-7-18(19)27-22)11-6-12-30(14-24)21(31)16-9-10-17-20(13-16)26-15-25-17/h4-5,7-10,13,15,28H,6,11-12,14H2,1-3H3,(H,25,26)(H,27,29)/t24-/m0/s1. The number of fused-ring (bicyclic) bond motifs is 2. The first-order valence-electron chi connectivity index (χ1n) is 10.8. The lowest BCUT2D eigenvalue weighted by Gasteiger charge is -2.47. The van der Waals surface area contributed by atoms with Gasteiger partial charge in [-0.3, -0.25) is 9.79 Å². The molecule has 0 aliphatic carbocycles. The fraction of sp³-hybridized carbons (Fsp3) is 0.375. The summed E-state index contributed by atoms with van der Waals surface area (Å²) >= 11 is 0. The van der Waals surface area contributed by atoms with E-state index < -0.39 is 5.54 Å². The summed E-state index contributed by atoms with van der Waals surface area (Å²) in [5.41, 5.74) is 3.80. The van der Waals surface area contributed by atoms with Crippen LogP contribution in [0, 0.1) is 0 Å². The summed E-state index contributed by atoms with van der Waals surface area (Å²) in [4.78, 5) is 27.8. The molecule has 1 saturated heterocycles. The fourth-order valence-corrected chi connectivity index (χ4v) is 4.51. The molecule has 5 rings (SSSR count). The van der Waals surface area contributed by atoms with E-state index in [0.717, 1.165) is 47.6 Å². The number of piperidine rings is 1. The number of imidazole rings is 1. The van der Waals surface area contributed by atoms with Crippen LogP contribution in [0.25, 0.3) is 11.0 Å². The van der Waals surface area contributed by atoms with Crippen molar-refractivity contribution in [3.8, 4) is 0 Å². The Hall–Kier alpha value is -3.35. The van der Waals surface area contributed by atoms with Crippen LogP contribution in [0.4, 0.5) is 11.4 Å². The van der Waals surface area contributed by atoms with Gasteiger partial charge < -0.3 is 20.5 Å². The molecule has 3 N–H and O–H groups in total. The number of hydrogen-bond donors (Lipinski definition) is 3. The number of hydrogen-bond acceptors (Lipinski definition) is 4. The molecule has 1 atom stereocenters. The summed E-state index contributed by atoms with van der Waals surface area (Å²) < 4.78 is 0. The Bertz CT molecular complexity index is 1170. The van der Waals surface area contributed by atoms with Crippen molar-refractivity contribution in [1.29, 1.82) is 0 Å². The summed E-state index contributed by atoms with van der Waals surface area (Å²) in [6.45, 7) is 7.58. The molecule has 2 aliphatic rings. The fourth-order valence-electron chi connectivity index (χ4n) is 4.51. The van der Waals surface area contributed by atoms with Crippen molar-refractivity contribution < 1.29 is 4.79 Å². The van der Waals surface area contributed by atoms with E-state index >= 15 is 0 Å². The van der Waals surface area contributed by atoms with Gasteiger partial charge in [0.2, 0.25) is 0 Å². The van der Waals surface area contributed by atoms with Gasteiger partial charge in [0.05, 0.1) is 40.8 Å². The number of nitrogens with zero attached hydrogens (tertiary/aromatic N) is 3. The Morgan fingerprint density at radius 1 is 1.16 bits per heavy atom. The topological polar surface area (TPSA) is 85.4 Å². The van der Waals surface area contributed by atoms with E-state index in [4.69, 9.17) is 4.99 Å². The van der Waals surface area contributed by atoms with Gasteiger partial charge in [-0.1, -0.05) is 12.1 Å². The molecular weight excluding hydrogens is 388 g/mol. The summed E-state index contributed by atoms with van der Waals surface area (Å²) in [6, 6.07) is 13.8. The predicted octanol–water partition coefficient (Wildman–Crippen LogP) is 4.27. The monoisotopic (exact) mass is 416 g/mol. The molecule has 1 fully saturated rings. The average molecular weight is 417 g/mol. The zero-order chi connectivity index (χ0) is 21.6. The summed E-state index contributed by atoms with van der Waals surface area (Å²) in [5, 5.41) is 7.31. The number of amidine groups is 1. The third-order valence-electron chi connectivity index (χ3n) is 5.90. The van der Waals surface area contributed by atoms with Gasteiger partial charge >= 0.3 is 0 Å². The molecule has 7 heteroatoms. The third kappa shape index (κ3) is 3.65. The molecule has 1 spiro atoms. The molecule has 7 nitrogen and oxygen atoms in total. The number of aromatic nitrogens is 2. The van der Waals surface area contributed by atoms with Gasteiger partial charge in [0.15, 0.2) is 0 Å². The van der Waals surface area contributed by atoms with Crippen molar-refractivity contribution in [3.63, 3.8) is 0 Å². The van der Waals surface area contributed by atoms with Gasteiger partial charge in [-0.2, -0.15) is 0 Å². The second kappa shape index (κ2) is 7.11. The maximum absolute atomic E-state index is 13.4. The number of aliphatic imine (C=N–C) groups is 1. The second-order valence-corrected chi connectivity index (χ2v) is 9.47. The number of H-pyrrole nitrogens is 1. The number of amides is 1. The number of carbonyl (C=O) groups is 1. The third-order valence-corrected chi connectivity index (χ3v) is 5.90.